The van der Waals surface area contributed by atoms with Crippen molar-refractivity contribution in [3.63, 3.8) is 0 Å². The average molecular weight is 331 g/mol. The van der Waals surface area contributed by atoms with E-state index in [0.29, 0.717) is 5.25 Å². The highest BCUT2D eigenvalue weighted by atomic mass is 32.2. The summed E-state index contributed by atoms with van der Waals surface area (Å²) in [6.07, 6.45) is 2.62. The highest BCUT2D eigenvalue weighted by molar-refractivity contribution is 7.99. The summed E-state index contributed by atoms with van der Waals surface area (Å²) in [6, 6.07) is 11.7. The number of carbonyl (C=O) groups excluding carboxylic acids is 1. The minimum absolute atomic E-state index is 0.0483. The predicted octanol–water partition coefficient (Wildman–Crippen LogP) is 3.67. The molecule has 4 nitrogen and oxygen atoms in total. The first-order chi connectivity index (χ1) is 11.2. The molecule has 0 saturated carbocycles. The van der Waals surface area contributed by atoms with Crippen molar-refractivity contribution in [1.82, 2.24) is 4.90 Å². The van der Waals surface area contributed by atoms with Gasteiger partial charge in [-0.2, -0.15) is 0 Å². The Kier molecular flexibility index (Phi) is 5.28. The quantitative estimate of drug-likeness (QED) is 0.857. The molecule has 2 heterocycles. The summed E-state index contributed by atoms with van der Waals surface area (Å²) in [5.74, 6) is 2.71. The molecule has 1 aromatic carbocycles. The molecule has 0 aliphatic carbocycles. The van der Waals surface area contributed by atoms with Gasteiger partial charge >= 0.3 is 0 Å². The molecule has 23 heavy (non-hydrogen) atoms. The third kappa shape index (κ3) is 4.32. The van der Waals surface area contributed by atoms with Crippen LogP contribution in [0.1, 0.15) is 23.0 Å². The van der Waals surface area contributed by atoms with E-state index in [9.17, 15) is 4.79 Å². The van der Waals surface area contributed by atoms with Gasteiger partial charge in [0.15, 0.2) is 6.61 Å². The van der Waals surface area contributed by atoms with Gasteiger partial charge in [0, 0.05) is 18.8 Å². The maximum Gasteiger partial charge on any atom is 0.260 e. The first-order valence-electron chi connectivity index (χ1n) is 7.84. The lowest BCUT2D eigenvalue weighted by molar-refractivity contribution is -0.133. The number of nitrogens with zero attached hydrogens (tertiary/aromatic N) is 1. The van der Waals surface area contributed by atoms with Crippen molar-refractivity contribution in [1.29, 1.82) is 0 Å². The lowest BCUT2D eigenvalue weighted by Crippen LogP contribution is -2.36. The van der Waals surface area contributed by atoms with Crippen LogP contribution in [-0.2, 0) is 4.79 Å². The number of thioether (sulfide) groups is 1. The van der Waals surface area contributed by atoms with Gasteiger partial charge in [-0.15, -0.1) is 11.8 Å². The zero-order valence-corrected chi connectivity index (χ0v) is 14.1. The highest BCUT2D eigenvalue weighted by Crippen LogP contribution is 2.34. The highest BCUT2D eigenvalue weighted by Gasteiger charge is 2.23. The van der Waals surface area contributed by atoms with E-state index in [1.165, 1.54) is 0 Å². The van der Waals surface area contributed by atoms with Crippen LogP contribution in [0.3, 0.4) is 0 Å². The molecule has 1 aliphatic rings. The molecular formula is C18H21NO3S. The van der Waals surface area contributed by atoms with E-state index in [1.807, 2.05) is 60.0 Å². The maximum absolute atomic E-state index is 12.4. The van der Waals surface area contributed by atoms with Gasteiger partial charge in [0.05, 0.1) is 11.5 Å². The number of furan rings is 1. The molecule has 1 fully saturated rings. The van der Waals surface area contributed by atoms with E-state index >= 15 is 0 Å². The molecule has 3 rings (SSSR count). The van der Waals surface area contributed by atoms with Crippen LogP contribution in [-0.4, -0.2) is 36.3 Å². The molecule has 1 atom stereocenters. The standard InChI is InChI=1S/C18H21NO3S/c1-14-4-2-5-15(12-14)22-13-18(20)19-8-7-17(23-11-9-19)16-6-3-10-21-16/h2-6,10,12,17H,7-9,11,13H2,1H3. The lowest BCUT2D eigenvalue weighted by atomic mass is 10.2. The average Bonchev–Trinajstić information content (AvgIpc) is 2.97. The summed E-state index contributed by atoms with van der Waals surface area (Å²) >= 11 is 1.85. The number of aryl methyl sites for hydroxylation is 1. The summed E-state index contributed by atoms with van der Waals surface area (Å²) in [6.45, 7) is 3.61. The van der Waals surface area contributed by atoms with Gasteiger partial charge in [0.2, 0.25) is 0 Å². The molecule has 1 unspecified atom stereocenters. The fourth-order valence-corrected chi connectivity index (χ4v) is 3.84. The second kappa shape index (κ2) is 7.59. The Morgan fingerprint density at radius 1 is 1.35 bits per heavy atom. The normalized spacial score (nSPS) is 18.5. The number of benzene rings is 1. The van der Waals surface area contributed by atoms with E-state index in [0.717, 1.165) is 42.3 Å². The van der Waals surface area contributed by atoms with Gasteiger partial charge in [0.25, 0.3) is 5.91 Å². The van der Waals surface area contributed by atoms with Gasteiger partial charge < -0.3 is 14.1 Å². The SMILES string of the molecule is Cc1cccc(OCC(=O)N2CCSC(c3ccco3)CC2)c1. The zero-order chi connectivity index (χ0) is 16.1. The summed E-state index contributed by atoms with van der Waals surface area (Å²) in [4.78, 5) is 14.3. The molecular weight excluding hydrogens is 310 g/mol. The van der Waals surface area contributed by atoms with Crippen LogP contribution in [0.15, 0.2) is 47.1 Å². The van der Waals surface area contributed by atoms with Crippen molar-refractivity contribution in [3.8, 4) is 5.75 Å². The first-order valence-corrected chi connectivity index (χ1v) is 8.89. The fourth-order valence-electron chi connectivity index (χ4n) is 2.66. The monoisotopic (exact) mass is 331 g/mol. The van der Waals surface area contributed by atoms with Crippen molar-refractivity contribution in [2.75, 3.05) is 25.4 Å². The Morgan fingerprint density at radius 2 is 2.26 bits per heavy atom. The van der Waals surface area contributed by atoms with Crippen molar-refractivity contribution < 1.29 is 13.9 Å². The molecule has 2 aromatic rings. The lowest BCUT2D eigenvalue weighted by Gasteiger charge is -2.20. The molecule has 1 amide bonds. The number of amides is 1. The number of rotatable bonds is 4. The molecule has 1 aliphatic heterocycles. The van der Waals surface area contributed by atoms with Crippen LogP contribution in [0.4, 0.5) is 0 Å². The molecule has 0 spiro atoms. The van der Waals surface area contributed by atoms with Crippen LogP contribution >= 0.6 is 11.8 Å². The molecule has 0 radical (unpaired) electrons. The largest absolute Gasteiger partial charge is 0.484 e. The predicted molar refractivity (Wildman–Crippen MR) is 91.8 cm³/mol. The van der Waals surface area contributed by atoms with Crippen molar-refractivity contribution in [3.05, 3.63) is 54.0 Å². The Hall–Kier alpha value is -1.88. The minimum atomic E-state index is 0.0483. The zero-order valence-electron chi connectivity index (χ0n) is 13.2. The fraction of sp³-hybridized carbons (Fsp3) is 0.389. The smallest absolute Gasteiger partial charge is 0.260 e. The summed E-state index contributed by atoms with van der Waals surface area (Å²) in [7, 11) is 0. The molecule has 0 N–H and O–H groups in total. The van der Waals surface area contributed by atoms with Gasteiger partial charge in [-0.1, -0.05) is 12.1 Å². The Balaban J connectivity index is 1.52. The Bertz CT molecular complexity index is 641. The summed E-state index contributed by atoms with van der Waals surface area (Å²) < 4.78 is 11.1. The van der Waals surface area contributed by atoms with Crippen LogP contribution in [0, 0.1) is 6.92 Å². The Labute approximate surface area is 140 Å². The Morgan fingerprint density at radius 3 is 3.04 bits per heavy atom. The van der Waals surface area contributed by atoms with E-state index in [-0.39, 0.29) is 12.5 Å². The van der Waals surface area contributed by atoms with Crippen LogP contribution < -0.4 is 4.74 Å². The van der Waals surface area contributed by atoms with E-state index in [2.05, 4.69) is 0 Å². The second-order valence-electron chi connectivity index (χ2n) is 5.65. The first kappa shape index (κ1) is 16.0. The minimum Gasteiger partial charge on any atom is -0.484 e. The number of carbonyl (C=O) groups is 1. The summed E-state index contributed by atoms with van der Waals surface area (Å²) in [5.41, 5.74) is 1.13. The summed E-state index contributed by atoms with van der Waals surface area (Å²) in [5, 5.41) is 0.334. The third-order valence-corrected chi connectivity index (χ3v) is 5.20. The van der Waals surface area contributed by atoms with Gasteiger partial charge in [0.1, 0.15) is 11.5 Å². The number of hydrogen-bond donors (Lipinski definition) is 0. The van der Waals surface area contributed by atoms with E-state index < -0.39 is 0 Å². The van der Waals surface area contributed by atoms with E-state index in [1.54, 1.807) is 6.26 Å². The number of hydrogen-bond acceptors (Lipinski definition) is 4. The van der Waals surface area contributed by atoms with E-state index in [4.69, 9.17) is 9.15 Å². The van der Waals surface area contributed by atoms with Crippen LogP contribution in [0.25, 0.3) is 0 Å². The van der Waals surface area contributed by atoms with Gasteiger partial charge in [-0.25, -0.2) is 0 Å². The van der Waals surface area contributed by atoms with Crippen molar-refractivity contribution >= 4 is 17.7 Å². The maximum atomic E-state index is 12.4. The molecule has 5 heteroatoms. The van der Waals surface area contributed by atoms with Crippen LogP contribution in [0.2, 0.25) is 0 Å². The van der Waals surface area contributed by atoms with Gasteiger partial charge in [-0.05, 0) is 43.2 Å². The van der Waals surface area contributed by atoms with Crippen molar-refractivity contribution in [2.45, 2.75) is 18.6 Å². The van der Waals surface area contributed by atoms with Gasteiger partial charge in [-0.3, -0.25) is 4.79 Å². The topological polar surface area (TPSA) is 42.7 Å². The molecule has 0 bridgehead atoms. The van der Waals surface area contributed by atoms with Crippen LogP contribution in [0.5, 0.6) is 5.75 Å². The second-order valence-corrected chi connectivity index (χ2v) is 6.96. The molecule has 1 saturated heterocycles. The molecule has 122 valence electrons. The van der Waals surface area contributed by atoms with Crippen molar-refractivity contribution in [2.24, 2.45) is 0 Å². The molecule has 1 aromatic heterocycles. The number of ether oxygens (including phenoxy) is 1. The third-order valence-electron chi connectivity index (χ3n) is 3.91.